The van der Waals surface area contributed by atoms with Crippen LogP contribution in [0.2, 0.25) is 0 Å². The fourth-order valence-electron chi connectivity index (χ4n) is 4.28. The first-order valence-electron chi connectivity index (χ1n) is 12.4. The predicted octanol–water partition coefficient (Wildman–Crippen LogP) is 4.90. The molecule has 1 amide bonds. The van der Waals surface area contributed by atoms with Crippen molar-refractivity contribution in [2.45, 2.75) is 20.5 Å². The van der Waals surface area contributed by atoms with Crippen molar-refractivity contribution in [3.8, 4) is 0 Å². The smallest absolute Gasteiger partial charge is 0.435 e. The molecule has 5 rings (SSSR count). The molecule has 0 radical (unpaired) electrons. The molecule has 0 spiro atoms. The van der Waals surface area contributed by atoms with Gasteiger partial charge in [0.05, 0.1) is 0 Å². The van der Waals surface area contributed by atoms with Crippen LogP contribution >= 0.6 is 0 Å². The first-order valence-corrected chi connectivity index (χ1v) is 12.4. The molecule has 0 unspecified atom stereocenters. The molecule has 3 aromatic carbocycles. The zero-order valence-corrected chi connectivity index (χ0v) is 21.1. The van der Waals surface area contributed by atoms with E-state index in [2.05, 4.69) is 34.4 Å². The van der Waals surface area contributed by atoms with Gasteiger partial charge in [0.25, 0.3) is 0 Å². The van der Waals surface area contributed by atoms with Gasteiger partial charge in [0.1, 0.15) is 12.2 Å². The third-order valence-corrected chi connectivity index (χ3v) is 6.23. The van der Waals surface area contributed by atoms with Gasteiger partial charge >= 0.3 is 11.7 Å². The van der Waals surface area contributed by atoms with Crippen molar-refractivity contribution in [2.24, 2.45) is 10.2 Å². The Morgan fingerprint density at radius 2 is 1.61 bits per heavy atom. The van der Waals surface area contributed by atoms with Crippen LogP contribution in [0.3, 0.4) is 0 Å². The molecule has 0 saturated heterocycles. The van der Waals surface area contributed by atoms with Crippen LogP contribution in [-0.4, -0.2) is 35.9 Å². The van der Waals surface area contributed by atoms with E-state index in [1.807, 2.05) is 78.9 Å². The molecule has 9 heteroatoms. The van der Waals surface area contributed by atoms with E-state index >= 15 is 0 Å². The minimum atomic E-state index is -0.697. The Kier molecular flexibility index (Phi) is 7.17. The van der Waals surface area contributed by atoms with E-state index in [0.717, 1.165) is 24.3 Å². The molecule has 1 aromatic heterocycles. The van der Waals surface area contributed by atoms with E-state index in [1.165, 1.54) is 11.1 Å². The molecule has 1 N–H and O–H groups in total. The standard InChI is InChI=1S/C29H27N5O4/c1-3-33(4-2)23-15-16-24-22(17-26(35)38-25(24)18-23)19-37-29(36)34-28(21-13-9-6-10-14-21)31-30-27(32-34)20-11-7-5-8-12-20/h5-18H,3-4,19H2,1-2H3,(H,30,32). The number of ether oxygens (including phenoxy) is 1. The van der Waals surface area contributed by atoms with Gasteiger partial charge < -0.3 is 14.1 Å². The lowest BCUT2D eigenvalue weighted by Crippen LogP contribution is -2.52. The average molecular weight is 510 g/mol. The lowest BCUT2D eigenvalue weighted by Gasteiger charge is -2.27. The van der Waals surface area contributed by atoms with E-state index in [-0.39, 0.29) is 12.4 Å². The van der Waals surface area contributed by atoms with E-state index in [0.29, 0.717) is 27.9 Å². The Labute approximate surface area is 219 Å². The van der Waals surface area contributed by atoms with Crippen molar-refractivity contribution >= 4 is 34.4 Å². The number of carbonyl (C=O) groups is 1. The number of rotatable bonds is 7. The number of benzene rings is 3. The number of amidine groups is 2. The van der Waals surface area contributed by atoms with Crippen molar-refractivity contribution in [3.05, 3.63) is 112 Å². The Morgan fingerprint density at radius 3 is 2.29 bits per heavy atom. The van der Waals surface area contributed by atoms with Gasteiger partial charge in [0.2, 0.25) is 0 Å². The molecule has 0 saturated carbocycles. The molecule has 1 aliphatic rings. The summed E-state index contributed by atoms with van der Waals surface area (Å²) in [5.74, 6) is 0.688. The summed E-state index contributed by atoms with van der Waals surface area (Å²) in [4.78, 5) is 27.9. The van der Waals surface area contributed by atoms with Gasteiger partial charge in [-0.15, -0.1) is 10.2 Å². The predicted molar refractivity (Wildman–Crippen MR) is 147 cm³/mol. The number of nitrogens with one attached hydrogen (secondary N) is 1. The third-order valence-electron chi connectivity index (χ3n) is 6.23. The monoisotopic (exact) mass is 509 g/mol. The molecule has 2 heterocycles. The molecule has 9 nitrogen and oxygen atoms in total. The number of amides is 1. The highest BCUT2D eigenvalue weighted by molar-refractivity contribution is 6.11. The second-order valence-corrected chi connectivity index (χ2v) is 8.55. The maximum Gasteiger partial charge on any atom is 0.435 e. The summed E-state index contributed by atoms with van der Waals surface area (Å²) in [6.45, 7) is 5.64. The van der Waals surface area contributed by atoms with Crippen LogP contribution in [0.1, 0.15) is 30.5 Å². The van der Waals surface area contributed by atoms with Gasteiger partial charge in [-0.2, -0.15) is 5.01 Å². The number of fused-ring (bicyclic) bond motifs is 1. The van der Waals surface area contributed by atoms with Gasteiger partial charge in [-0.05, 0) is 26.0 Å². The van der Waals surface area contributed by atoms with Crippen molar-refractivity contribution in [1.82, 2.24) is 10.4 Å². The molecular weight excluding hydrogens is 482 g/mol. The van der Waals surface area contributed by atoms with Gasteiger partial charge in [0, 0.05) is 53.0 Å². The fraction of sp³-hybridized carbons (Fsp3) is 0.172. The van der Waals surface area contributed by atoms with E-state index in [4.69, 9.17) is 9.15 Å². The lowest BCUT2D eigenvalue weighted by atomic mass is 10.1. The molecule has 192 valence electrons. The van der Waals surface area contributed by atoms with E-state index < -0.39 is 11.7 Å². The molecule has 0 atom stereocenters. The molecular formula is C29H27N5O4. The zero-order chi connectivity index (χ0) is 26.5. The number of anilines is 1. The van der Waals surface area contributed by atoms with Crippen LogP contribution in [-0.2, 0) is 11.3 Å². The van der Waals surface area contributed by atoms with Gasteiger partial charge in [-0.25, -0.2) is 9.59 Å². The summed E-state index contributed by atoms with van der Waals surface area (Å²) in [7, 11) is 0. The largest absolute Gasteiger partial charge is 0.443 e. The van der Waals surface area contributed by atoms with E-state index in [1.54, 1.807) is 0 Å². The highest BCUT2D eigenvalue weighted by atomic mass is 16.6. The van der Waals surface area contributed by atoms with Crippen LogP contribution in [0.15, 0.2) is 104 Å². The minimum absolute atomic E-state index is 0.135. The lowest BCUT2D eigenvalue weighted by molar-refractivity contribution is 0.110. The summed E-state index contributed by atoms with van der Waals surface area (Å²) in [5.41, 5.74) is 5.90. The van der Waals surface area contributed by atoms with Crippen LogP contribution in [0.4, 0.5) is 10.5 Å². The SMILES string of the molecule is CCN(CC)c1ccc2c(COC(=O)N3NC(c4ccccc4)=NN=C3c3ccccc3)cc(=O)oc2c1. The molecule has 0 aliphatic carbocycles. The normalized spacial score (nSPS) is 12.9. The minimum Gasteiger partial charge on any atom is -0.443 e. The van der Waals surface area contributed by atoms with E-state index in [9.17, 15) is 9.59 Å². The second-order valence-electron chi connectivity index (χ2n) is 8.55. The summed E-state index contributed by atoms with van der Waals surface area (Å²) in [6.07, 6.45) is -0.697. The number of hydrogen-bond acceptors (Lipinski definition) is 8. The molecule has 38 heavy (non-hydrogen) atoms. The molecule has 0 fully saturated rings. The van der Waals surface area contributed by atoms with Crippen molar-refractivity contribution < 1.29 is 13.9 Å². The maximum atomic E-state index is 13.4. The first-order chi connectivity index (χ1) is 18.6. The average Bonchev–Trinajstić information content (AvgIpc) is 2.96. The van der Waals surface area contributed by atoms with Crippen molar-refractivity contribution in [1.29, 1.82) is 0 Å². The molecule has 1 aliphatic heterocycles. The maximum absolute atomic E-state index is 13.4. The number of hydrazine groups is 1. The quantitative estimate of drug-likeness (QED) is 0.356. The van der Waals surface area contributed by atoms with Crippen LogP contribution in [0.25, 0.3) is 11.0 Å². The Morgan fingerprint density at radius 1 is 0.921 bits per heavy atom. The van der Waals surface area contributed by atoms with Crippen molar-refractivity contribution in [2.75, 3.05) is 18.0 Å². The third kappa shape index (κ3) is 5.12. The fourth-order valence-corrected chi connectivity index (χ4v) is 4.28. The van der Waals surface area contributed by atoms with Crippen molar-refractivity contribution in [3.63, 3.8) is 0 Å². The highest BCUT2D eigenvalue weighted by Gasteiger charge is 2.28. The summed E-state index contributed by atoms with van der Waals surface area (Å²) in [5, 5.41) is 10.5. The number of nitrogens with zero attached hydrogens (tertiary/aromatic N) is 4. The zero-order valence-electron chi connectivity index (χ0n) is 21.1. The number of carbonyl (C=O) groups excluding carboxylic acids is 1. The summed E-state index contributed by atoms with van der Waals surface area (Å²) in [6, 6.07) is 25.6. The number of hydrogen-bond donors (Lipinski definition) is 1. The Bertz CT molecular complexity index is 1560. The van der Waals surface area contributed by atoms with Crippen LogP contribution < -0.4 is 16.0 Å². The highest BCUT2D eigenvalue weighted by Crippen LogP contribution is 2.24. The molecule has 4 aromatic rings. The van der Waals surface area contributed by atoms with Crippen LogP contribution in [0, 0.1) is 0 Å². The van der Waals surface area contributed by atoms with Crippen LogP contribution in [0.5, 0.6) is 0 Å². The topological polar surface area (TPSA) is 99.7 Å². The van der Waals surface area contributed by atoms with Gasteiger partial charge in [-0.1, -0.05) is 60.7 Å². The van der Waals surface area contributed by atoms with Gasteiger partial charge in [-0.3, -0.25) is 5.43 Å². The Balaban J connectivity index is 1.42. The second kappa shape index (κ2) is 11.0. The molecule has 0 bridgehead atoms. The summed E-state index contributed by atoms with van der Waals surface area (Å²) < 4.78 is 11.1. The first kappa shape index (κ1) is 24.8. The Hall–Kier alpha value is -4.92. The summed E-state index contributed by atoms with van der Waals surface area (Å²) >= 11 is 0. The van der Waals surface area contributed by atoms with Gasteiger partial charge in [0.15, 0.2) is 11.7 Å².